The van der Waals surface area contributed by atoms with Gasteiger partial charge in [0.25, 0.3) is 0 Å². The average Bonchev–Trinajstić information content (AvgIpc) is 2.58. The Kier molecular flexibility index (Phi) is 2.69. The van der Waals surface area contributed by atoms with Crippen molar-refractivity contribution in [3.63, 3.8) is 0 Å². The van der Waals surface area contributed by atoms with E-state index in [1.807, 2.05) is 66.7 Å². The molecule has 1 amide bonds. The molecule has 0 N–H and O–H groups in total. The number of hydrogen-bond acceptors (Lipinski definition) is 1. The first-order valence-corrected chi connectivity index (χ1v) is 6.00. The van der Waals surface area contributed by atoms with E-state index in [0.29, 0.717) is 6.42 Å². The lowest BCUT2D eigenvalue weighted by Gasteiger charge is -2.23. The lowest BCUT2D eigenvalue weighted by atomic mass is 10.1. The Bertz CT molecular complexity index is 602. The Labute approximate surface area is 106 Å². The summed E-state index contributed by atoms with van der Waals surface area (Å²) >= 11 is 0. The number of carbonyl (C=O) groups is 1. The summed E-state index contributed by atoms with van der Waals surface area (Å²) in [5, 5.41) is 0. The summed E-state index contributed by atoms with van der Waals surface area (Å²) in [5.41, 5.74) is 2.94. The van der Waals surface area contributed by atoms with Crippen LogP contribution in [0.4, 0.5) is 11.4 Å². The first-order valence-electron chi connectivity index (χ1n) is 6.00. The third-order valence-electron chi connectivity index (χ3n) is 3.03. The summed E-state index contributed by atoms with van der Waals surface area (Å²) in [6.45, 7) is 0. The quantitative estimate of drug-likeness (QED) is 0.736. The Morgan fingerprint density at radius 3 is 2.44 bits per heavy atom. The van der Waals surface area contributed by atoms with Crippen LogP contribution in [0.2, 0.25) is 0 Å². The van der Waals surface area contributed by atoms with Crippen molar-refractivity contribution in [1.29, 1.82) is 0 Å². The average molecular weight is 235 g/mol. The molecule has 3 rings (SSSR count). The maximum atomic E-state index is 12.3. The molecule has 0 aromatic heterocycles. The minimum atomic E-state index is 0.0994. The number of amides is 1. The van der Waals surface area contributed by atoms with Gasteiger partial charge >= 0.3 is 0 Å². The number of benzene rings is 2. The van der Waals surface area contributed by atoms with E-state index in [9.17, 15) is 4.79 Å². The highest BCUT2D eigenvalue weighted by molar-refractivity contribution is 6.04. The van der Waals surface area contributed by atoms with E-state index in [1.54, 1.807) is 4.90 Å². The predicted molar refractivity (Wildman–Crippen MR) is 73.7 cm³/mol. The molecule has 2 nitrogen and oxygen atoms in total. The second-order valence-electron chi connectivity index (χ2n) is 4.23. The maximum Gasteiger partial charge on any atom is 0.235 e. The summed E-state index contributed by atoms with van der Waals surface area (Å²) in [4.78, 5) is 14.0. The van der Waals surface area contributed by atoms with Gasteiger partial charge in [0, 0.05) is 12.1 Å². The van der Waals surface area contributed by atoms with Crippen LogP contribution in [-0.4, -0.2) is 5.91 Å². The van der Waals surface area contributed by atoms with Crippen molar-refractivity contribution in [3.8, 4) is 0 Å². The van der Waals surface area contributed by atoms with E-state index in [0.717, 1.165) is 16.9 Å². The molecule has 0 bridgehead atoms. The number of fused-ring (bicyclic) bond motifs is 1. The molecule has 0 fully saturated rings. The van der Waals surface area contributed by atoms with Gasteiger partial charge in [0.1, 0.15) is 0 Å². The van der Waals surface area contributed by atoms with Gasteiger partial charge in [-0.1, -0.05) is 48.6 Å². The molecule has 0 unspecified atom stereocenters. The van der Waals surface area contributed by atoms with E-state index in [1.165, 1.54) is 0 Å². The molecule has 88 valence electrons. The Hall–Kier alpha value is -2.35. The minimum Gasteiger partial charge on any atom is -0.280 e. The lowest BCUT2D eigenvalue weighted by Crippen LogP contribution is -2.24. The van der Waals surface area contributed by atoms with E-state index in [4.69, 9.17) is 0 Å². The molecule has 2 heteroatoms. The van der Waals surface area contributed by atoms with Crippen molar-refractivity contribution >= 4 is 23.4 Å². The summed E-state index contributed by atoms with van der Waals surface area (Å²) in [7, 11) is 0. The van der Waals surface area contributed by atoms with Gasteiger partial charge in [-0.2, -0.15) is 0 Å². The second-order valence-corrected chi connectivity index (χ2v) is 4.23. The monoisotopic (exact) mass is 235 g/mol. The number of para-hydroxylation sites is 2. The van der Waals surface area contributed by atoms with Crippen LogP contribution in [-0.2, 0) is 4.79 Å². The number of nitrogens with zero attached hydrogens (tertiary/aromatic N) is 1. The van der Waals surface area contributed by atoms with Gasteiger partial charge in [-0.3, -0.25) is 9.69 Å². The molecule has 2 aromatic carbocycles. The molecule has 1 heterocycles. The van der Waals surface area contributed by atoms with Crippen LogP contribution in [0.25, 0.3) is 6.08 Å². The Balaban J connectivity index is 2.17. The van der Waals surface area contributed by atoms with Crippen LogP contribution in [0.15, 0.2) is 60.7 Å². The first-order chi connectivity index (χ1) is 8.86. The van der Waals surface area contributed by atoms with Gasteiger partial charge in [0.05, 0.1) is 5.69 Å². The fourth-order valence-electron chi connectivity index (χ4n) is 2.20. The summed E-state index contributed by atoms with van der Waals surface area (Å²) < 4.78 is 0. The third-order valence-corrected chi connectivity index (χ3v) is 3.03. The molecule has 0 atom stereocenters. The van der Waals surface area contributed by atoms with Crippen LogP contribution >= 0.6 is 0 Å². The predicted octanol–water partition coefficient (Wildman–Crippen LogP) is 3.77. The molecule has 0 saturated heterocycles. The van der Waals surface area contributed by atoms with E-state index >= 15 is 0 Å². The molecule has 1 aliphatic rings. The molecule has 0 radical (unpaired) electrons. The molecule has 0 saturated carbocycles. The lowest BCUT2D eigenvalue weighted by molar-refractivity contribution is -0.117. The molecule has 1 aliphatic heterocycles. The zero-order chi connectivity index (χ0) is 12.4. The highest BCUT2D eigenvalue weighted by Crippen LogP contribution is 2.32. The largest absolute Gasteiger partial charge is 0.280 e. The highest BCUT2D eigenvalue weighted by Gasteiger charge is 2.20. The second kappa shape index (κ2) is 4.49. The molecule has 0 aliphatic carbocycles. The fourth-order valence-corrected chi connectivity index (χ4v) is 2.20. The fraction of sp³-hybridized carbons (Fsp3) is 0.0625. The van der Waals surface area contributed by atoms with Crippen LogP contribution in [0.1, 0.15) is 12.0 Å². The summed E-state index contributed by atoms with van der Waals surface area (Å²) in [6, 6.07) is 17.7. The van der Waals surface area contributed by atoms with Gasteiger partial charge < -0.3 is 0 Å². The number of rotatable bonds is 1. The van der Waals surface area contributed by atoms with Crippen LogP contribution in [0.3, 0.4) is 0 Å². The first kappa shape index (κ1) is 10.8. The third kappa shape index (κ3) is 1.82. The number of hydrogen-bond donors (Lipinski definition) is 0. The standard InChI is InChI=1S/C16H13NO/c18-16-12-6-8-13-7-4-5-11-15(13)17(16)14-9-2-1-3-10-14/h1-11H,12H2. The van der Waals surface area contributed by atoms with E-state index in [-0.39, 0.29) is 5.91 Å². The number of anilines is 2. The molecule has 2 aromatic rings. The zero-order valence-corrected chi connectivity index (χ0v) is 9.91. The minimum absolute atomic E-state index is 0.0994. The normalized spacial score (nSPS) is 14.2. The van der Waals surface area contributed by atoms with Crippen LogP contribution in [0, 0.1) is 0 Å². The van der Waals surface area contributed by atoms with Crippen molar-refractivity contribution in [2.45, 2.75) is 6.42 Å². The SMILES string of the molecule is O=C1CC=Cc2ccccc2N1c1ccccc1. The highest BCUT2D eigenvalue weighted by atomic mass is 16.2. The van der Waals surface area contributed by atoms with Gasteiger partial charge in [0.15, 0.2) is 0 Å². The molecule has 18 heavy (non-hydrogen) atoms. The summed E-state index contributed by atoms with van der Waals surface area (Å²) in [6.07, 6.45) is 4.36. The van der Waals surface area contributed by atoms with E-state index < -0.39 is 0 Å². The molecular formula is C16H13NO. The van der Waals surface area contributed by atoms with Crippen LogP contribution in [0.5, 0.6) is 0 Å². The van der Waals surface area contributed by atoms with E-state index in [2.05, 4.69) is 0 Å². The van der Waals surface area contributed by atoms with Crippen molar-refractivity contribution in [2.24, 2.45) is 0 Å². The zero-order valence-electron chi connectivity index (χ0n) is 9.91. The van der Waals surface area contributed by atoms with Gasteiger partial charge in [-0.25, -0.2) is 0 Å². The van der Waals surface area contributed by atoms with Crippen molar-refractivity contribution in [1.82, 2.24) is 0 Å². The number of carbonyl (C=O) groups excluding carboxylic acids is 1. The van der Waals surface area contributed by atoms with Gasteiger partial charge in [-0.15, -0.1) is 0 Å². The summed E-state index contributed by atoms with van der Waals surface area (Å²) in [5.74, 6) is 0.0994. The van der Waals surface area contributed by atoms with Gasteiger partial charge in [-0.05, 0) is 23.8 Å². The van der Waals surface area contributed by atoms with Gasteiger partial charge in [0.2, 0.25) is 5.91 Å². The van der Waals surface area contributed by atoms with Crippen LogP contribution < -0.4 is 4.90 Å². The Morgan fingerprint density at radius 2 is 1.61 bits per heavy atom. The maximum absolute atomic E-state index is 12.3. The molecule has 0 spiro atoms. The molecular weight excluding hydrogens is 222 g/mol. The Morgan fingerprint density at radius 1 is 0.889 bits per heavy atom. The van der Waals surface area contributed by atoms with Crippen molar-refractivity contribution in [3.05, 3.63) is 66.2 Å². The smallest absolute Gasteiger partial charge is 0.235 e. The topological polar surface area (TPSA) is 20.3 Å². The van der Waals surface area contributed by atoms with Crippen molar-refractivity contribution in [2.75, 3.05) is 4.90 Å². The van der Waals surface area contributed by atoms with Crippen molar-refractivity contribution < 1.29 is 4.79 Å².